The zero-order valence-electron chi connectivity index (χ0n) is 31.8. The van der Waals surface area contributed by atoms with E-state index in [0.717, 1.165) is 21.0 Å². The second kappa shape index (κ2) is 18.7. The quantitative estimate of drug-likeness (QED) is 0.131. The summed E-state index contributed by atoms with van der Waals surface area (Å²) in [6.45, 7) is 22.0. The molecular formula is C44H52Cl2O2SiZr. The van der Waals surface area contributed by atoms with E-state index < -0.39 is 20.8 Å². The third kappa shape index (κ3) is 10.3. The Labute approximate surface area is 322 Å². The third-order valence-electron chi connectivity index (χ3n) is 8.36. The first-order valence-electron chi connectivity index (χ1n) is 16.9. The number of aryl methyl sites for hydroxylation is 2. The van der Waals surface area contributed by atoms with Crippen molar-refractivity contribution in [1.82, 2.24) is 0 Å². The van der Waals surface area contributed by atoms with Crippen LogP contribution in [-0.2, 0) is 31.7 Å². The summed E-state index contributed by atoms with van der Waals surface area (Å²) >= 11 is -0.826. The van der Waals surface area contributed by atoms with E-state index in [-0.39, 0.29) is 10.8 Å². The summed E-state index contributed by atoms with van der Waals surface area (Å²) in [5.41, 5.74) is 10.0. The van der Waals surface area contributed by atoms with Crippen LogP contribution in [0.4, 0.5) is 0 Å². The molecular weight excluding hydrogens is 751 g/mol. The molecule has 0 aliphatic heterocycles. The molecule has 6 aromatic rings. The van der Waals surface area contributed by atoms with Crippen molar-refractivity contribution in [2.24, 2.45) is 0 Å². The van der Waals surface area contributed by atoms with E-state index in [1.165, 1.54) is 66.1 Å². The Morgan fingerprint density at radius 3 is 1.14 bits per heavy atom. The molecule has 0 aliphatic carbocycles. The van der Waals surface area contributed by atoms with Gasteiger partial charge in [-0.1, -0.05) is 129 Å². The average Bonchev–Trinajstić information content (AvgIpc) is 3.64. The van der Waals surface area contributed by atoms with E-state index in [4.69, 9.17) is 26.5 Å². The van der Waals surface area contributed by atoms with E-state index >= 15 is 0 Å². The van der Waals surface area contributed by atoms with Crippen molar-refractivity contribution in [2.75, 3.05) is 14.2 Å². The van der Waals surface area contributed by atoms with Crippen LogP contribution in [-0.4, -0.2) is 23.7 Å². The molecule has 0 amide bonds. The molecule has 2 radical (unpaired) electrons. The number of rotatable bonds is 4. The molecule has 6 heteroatoms. The predicted octanol–water partition coefficient (Wildman–Crippen LogP) is 13.8. The summed E-state index contributed by atoms with van der Waals surface area (Å²) in [4.78, 5) is 0. The third-order valence-corrected chi connectivity index (χ3v) is 8.36. The van der Waals surface area contributed by atoms with Crippen LogP contribution in [0.3, 0.4) is 0 Å². The molecule has 0 saturated carbocycles. The van der Waals surface area contributed by atoms with Gasteiger partial charge in [0, 0.05) is 9.52 Å². The molecule has 262 valence electrons. The van der Waals surface area contributed by atoms with Gasteiger partial charge in [0.2, 0.25) is 0 Å². The summed E-state index contributed by atoms with van der Waals surface area (Å²) in [6.07, 6.45) is 0. The molecule has 6 aromatic carbocycles. The van der Waals surface area contributed by atoms with Crippen LogP contribution < -0.4 is 9.47 Å². The molecule has 6 rings (SSSR count). The van der Waals surface area contributed by atoms with Crippen LogP contribution in [0.1, 0.15) is 63.8 Å². The van der Waals surface area contributed by atoms with Gasteiger partial charge < -0.3 is 9.47 Å². The Morgan fingerprint density at radius 1 is 0.580 bits per heavy atom. The van der Waals surface area contributed by atoms with Gasteiger partial charge in [-0.3, -0.25) is 0 Å². The number of halogens is 2. The minimum absolute atomic E-state index is 0.0360. The van der Waals surface area contributed by atoms with Crippen molar-refractivity contribution in [3.05, 3.63) is 119 Å². The molecule has 0 heterocycles. The van der Waals surface area contributed by atoms with Gasteiger partial charge in [-0.15, -0.1) is 56.9 Å². The van der Waals surface area contributed by atoms with Crippen molar-refractivity contribution in [2.45, 2.75) is 79.3 Å². The number of benzene rings is 4. The molecule has 0 unspecified atom stereocenters. The molecule has 2 nitrogen and oxygen atoms in total. The Kier molecular flexibility index (Phi) is 15.7. The molecule has 0 saturated heterocycles. The number of ether oxygens (including phenoxy) is 2. The van der Waals surface area contributed by atoms with E-state index in [2.05, 4.69) is 166 Å². The summed E-state index contributed by atoms with van der Waals surface area (Å²) < 4.78 is 11.7. The molecule has 0 spiro atoms. The second-order valence-electron chi connectivity index (χ2n) is 14.5. The van der Waals surface area contributed by atoms with Crippen LogP contribution in [0, 0.1) is 13.8 Å². The van der Waals surface area contributed by atoms with E-state index in [9.17, 15) is 0 Å². The first-order chi connectivity index (χ1) is 23.7. The van der Waals surface area contributed by atoms with E-state index in [1.54, 1.807) is 14.2 Å². The molecule has 0 N–H and O–H groups in total. The zero-order chi connectivity index (χ0) is 37.2. The van der Waals surface area contributed by atoms with Gasteiger partial charge in [0.25, 0.3) is 0 Å². The maximum absolute atomic E-state index is 5.87. The van der Waals surface area contributed by atoms with Crippen molar-refractivity contribution < 1.29 is 30.3 Å². The summed E-state index contributed by atoms with van der Waals surface area (Å²) in [5.74, 6) is 1.99. The van der Waals surface area contributed by atoms with Gasteiger partial charge in [-0.25, -0.2) is 0 Å². The monoisotopic (exact) mass is 800 g/mol. The van der Waals surface area contributed by atoms with Gasteiger partial charge >= 0.3 is 37.9 Å². The van der Waals surface area contributed by atoms with Crippen molar-refractivity contribution in [3.63, 3.8) is 0 Å². The molecule has 0 aromatic heterocycles. The average molecular weight is 803 g/mol. The Morgan fingerprint density at radius 2 is 0.880 bits per heavy atom. The first-order valence-corrected chi connectivity index (χ1v) is 25.2. The van der Waals surface area contributed by atoms with E-state index in [0.29, 0.717) is 0 Å². The van der Waals surface area contributed by atoms with Crippen LogP contribution in [0.25, 0.3) is 43.8 Å². The van der Waals surface area contributed by atoms with Gasteiger partial charge in [-0.2, -0.15) is 12.1 Å². The number of hydrogen-bond acceptors (Lipinski definition) is 2. The zero-order valence-corrected chi connectivity index (χ0v) is 36.8. The first kappa shape index (κ1) is 41.8. The number of fused-ring (bicyclic) bond motifs is 2. The molecule has 0 aliphatic rings. The summed E-state index contributed by atoms with van der Waals surface area (Å²) in [6, 6.07) is 34.7. The summed E-state index contributed by atoms with van der Waals surface area (Å²) in [5, 5.41) is 5.13. The molecule has 0 fully saturated rings. The Bertz CT molecular complexity index is 1800. The maximum atomic E-state index is 5.87. The number of methoxy groups -OCH3 is 2. The van der Waals surface area contributed by atoms with Crippen molar-refractivity contribution >= 4 is 48.1 Å². The predicted molar refractivity (Wildman–Crippen MR) is 219 cm³/mol. The van der Waals surface area contributed by atoms with Crippen LogP contribution in [0.2, 0.25) is 13.1 Å². The Balaban J connectivity index is 0.000000234. The van der Waals surface area contributed by atoms with Crippen molar-refractivity contribution in [1.29, 1.82) is 0 Å². The van der Waals surface area contributed by atoms with Crippen molar-refractivity contribution in [3.8, 4) is 33.8 Å². The van der Waals surface area contributed by atoms with Crippen LogP contribution >= 0.6 is 17.0 Å². The Hall–Kier alpha value is -2.62. The van der Waals surface area contributed by atoms with E-state index in [1.807, 2.05) is 0 Å². The van der Waals surface area contributed by atoms with Gasteiger partial charge in [0.1, 0.15) is 11.5 Å². The fourth-order valence-electron chi connectivity index (χ4n) is 6.30. The summed E-state index contributed by atoms with van der Waals surface area (Å²) in [7, 11) is 14.5. The molecule has 0 atom stereocenters. The SMILES string of the molecule is COc1c(C(C)(C)C)cc2[cH-]c(C)cc2c1-c1ccccc1.COc1c(C(C)(C)C)cc2[cH-]c(C)cc2c1-c1ccccc1.C[Si]C.[Cl][Zr+2][Cl]. The molecule has 0 bridgehead atoms. The number of hydrogen-bond donors (Lipinski definition) is 0. The van der Waals surface area contributed by atoms with Gasteiger partial charge in [0.05, 0.1) is 14.2 Å². The minimum atomic E-state index is -0.826. The fourth-order valence-corrected chi connectivity index (χ4v) is 6.30. The second-order valence-corrected chi connectivity index (χ2v) is 19.3. The normalized spacial score (nSPS) is 11.0. The fraction of sp³-hybridized carbons (Fsp3) is 0.318. The standard InChI is InChI=1S/2C21H23O.C2H6Si.2ClH.Zr/c2*1-14-11-16-13-18(21(2,3)4)20(22-5)19(17(16)12-14)15-9-7-6-8-10-15;1-3-2;;;/h2*6-13H,1-5H3;1-2H3;2*1H;/q2*-1;;;;+4/p-2. The van der Waals surface area contributed by atoms with Crippen LogP contribution in [0.15, 0.2) is 97.1 Å². The van der Waals surface area contributed by atoms with Gasteiger partial charge in [0.15, 0.2) is 0 Å². The van der Waals surface area contributed by atoms with Gasteiger partial charge in [-0.05, 0) is 44.2 Å². The van der Waals surface area contributed by atoms with Crippen LogP contribution in [0.5, 0.6) is 11.5 Å². The molecule has 50 heavy (non-hydrogen) atoms. The topological polar surface area (TPSA) is 18.5 Å².